The van der Waals surface area contributed by atoms with E-state index in [0.717, 1.165) is 113 Å². The lowest BCUT2D eigenvalue weighted by Gasteiger charge is -2.32. The molecule has 1 aliphatic heterocycles. The number of sulfone groups is 1. The van der Waals surface area contributed by atoms with Crippen LogP contribution in [0.4, 0.5) is 5.69 Å². The van der Waals surface area contributed by atoms with Crippen LogP contribution in [0.2, 0.25) is 5.02 Å². The van der Waals surface area contributed by atoms with E-state index >= 15 is 0 Å². The van der Waals surface area contributed by atoms with Gasteiger partial charge in [-0.2, -0.15) is 0 Å². The van der Waals surface area contributed by atoms with Crippen molar-refractivity contribution >= 4 is 69.2 Å². The molecule has 348 valence electrons. The molecule has 0 amide bonds. The molecule has 0 saturated heterocycles. The maximum atomic E-state index is 13.2. The average molecular weight is 954 g/mol. The maximum absolute atomic E-state index is 13.2. The Morgan fingerprint density at radius 3 is 2.25 bits per heavy atom. The predicted octanol–water partition coefficient (Wildman–Crippen LogP) is 9.39. The molecule has 1 aromatic carbocycles. The molecule has 64 heavy (non-hydrogen) atoms. The van der Waals surface area contributed by atoms with Gasteiger partial charge >= 0.3 is 0 Å². The molecule has 4 saturated carbocycles. The van der Waals surface area contributed by atoms with E-state index in [0.29, 0.717) is 51.5 Å². The zero-order chi connectivity index (χ0) is 44.3. The number of halogens is 1. The molecule has 2 N–H and O–H groups in total. The van der Waals surface area contributed by atoms with Crippen LogP contribution in [0.15, 0.2) is 66.1 Å². The summed E-state index contributed by atoms with van der Waals surface area (Å²) in [4.78, 5) is 15.0. The summed E-state index contributed by atoms with van der Waals surface area (Å²) in [5.74, 6) is 2.31. The number of benzene rings is 1. The molecule has 5 aromatic rings. The number of sulfonamides is 1. The maximum Gasteiger partial charge on any atom is 0.269 e. The molecule has 5 heterocycles. The zero-order valence-electron chi connectivity index (χ0n) is 36.5. The van der Waals surface area contributed by atoms with Crippen LogP contribution in [0, 0.1) is 30.6 Å². The van der Waals surface area contributed by atoms with Crippen LogP contribution in [0.3, 0.4) is 0 Å². The molecule has 16 heteroatoms. The number of nitrogens with zero attached hydrogens (tertiary/aromatic N) is 4. The lowest BCUT2D eigenvalue weighted by atomic mass is 9.89. The van der Waals surface area contributed by atoms with Crippen LogP contribution >= 0.6 is 11.6 Å². The summed E-state index contributed by atoms with van der Waals surface area (Å²) in [7, 11) is -9.81. The first-order valence-corrected chi connectivity index (χ1v) is 28.2. The van der Waals surface area contributed by atoms with Crippen molar-refractivity contribution < 1.29 is 25.3 Å². The highest BCUT2D eigenvalue weighted by Crippen LogP contribution is 2.45. The van der Waals surface area contributed by atoms with Gasteiger partial charge in [0.2, 0.25) is 10.0 Å². The van der Waals surface area contributed by atoms with Crippen LogP contribution in [0.1, 0.15) is 115 Å². The van der Waals surface area contributed by atoms with Crippen molar-refractivity contribution in [2.75, 3.05) is 17.2 Å². The topological polar surface area (TPSA) is 164 Å². The van der Waals surface area contributed by atoms with Gasteiger partial charge in [-0.25, -0.2) is 43.9 Å². The zero-order valence-corrected chi connectivity index (χ0v) is 39.8. The molecule has 10 rings (SSSR count). The van der Waals surface area contributed by atoms with Crippen LogP contribution in [0.5, 0.6) is 0 Å². The van der Waals surface area contributed by atoms with Gasteiger partial charge in [-0.3, -0.25) is 0 Å². The van der Waals surface area contributed by atoms with E-state index in [-0.39, 0.29) is 28.9 Å². The van der Waals surface area contributed by atoms with Gasteiger partial charge in [0.05, 0.1) is 31.9 Å². The summed E-state index contributed by atoms with van der Waals surface area (Å²) < 4.78 is 80.3. The number of pyridine rings is 2. The van der Waals surface area contributed by atoms with Crippen LogP contribution < -0.4 is 9.62 Å². The fraction of sp³-hybridized carbons (Fsp3) is 0.583. The molecular weight excluding hydrogens is 888 g/mol. The summed E-state index contributed by atoms with van der Waals surface area (Å²) >= 11 is 6.73. The molecule has 4 aliphatic carbocycles. The van der Waals surface area contributed by atoms with Crippen LogP contribution in [-0.2, 0) is 42.7 Å². The minimum absolute atomic E-state index is 0. The number of aromatic nitrogens is 4. The number of aryl methyl sites for hydroxylation is 2. The van der Waals surface area contributed by atoms with Gasteiger partial charge in [-0.15, -0.1) is 0 Å². The Kier molecular flexibility index (Phi) is 13.7. The Balaban J connectivity index is 0.000000182. The van der Waals surface area contributed by atoms with Crippen molar-refractivity contribution in [2.45, 2.75) is 146 Å². The second kappa shape index (κ2) is 18.6. The second-order valence-electron chi connectivity index (χ2n) is 19.0. The van der Waals surface area contributed by atoms with E-state index in [4.69, 9.17) is 11.6 Å². The minimum Gasteiger partial charge on any atom is -0.367 e. The van der Waals surface area contributed by atoms with E-state index in [1.807, 2.05) is 19.3 Å². The molecule has 4 fully saturated rings. The third-order valence-electron chi connectivity index (χ3n) is 14.7. The third-order valence-corrected chi connectivity index (χ3v) is 21.2. The third kappa shape index (κ3) is 9.52. The number of hydrogen-bond acceptors (Lipinski definition) is 9. The Labute approximate surface area is 385 Å². The van der Waals surface area contributed by atoms with E-state index in [2.05, 4.69) is 44.5 Å². The number of fused-ring (bicyclic) bond motifs is 4. The summed E-state index contributed by atoms with van der Waals surface area (Å²) in [5, 5.41) is 2.16. The molecular formula is C48H65ClN6O6S3. The number of nitrogens with one attached hydrogen (secondary N) is 2. The smallest absolute Gasteiger partial charge is 0.269 e. The quantitative estimate of drug-likeness (QED) is 0.104. The Morgan fingerprint density at radius 2 is 1.55 bits per heavy atom. The Hall–Kier alpha value is -3.50. The van der Waals surface area contributed by atoms with Crippen molar-refractivity contribution in [2.24, 2.45) is 23.7 Å². The second-order valence-corrected chi connectivity index (χ2v) is 25.5. The first kappa shape index (κ1) is 47.0. The first-order valence-electron chi connectivity index (χ1n) is 23.1. The highest BCUT2D eigenvalue weighted by Gasteiger charge is 2.44. The first-order chi connectivity index (χ1) is 30.2. The number of anilines is 1. The lowest BCUT2D eigenvalue weighted by molar-refractivity contribution is 0.347. The fourth-order valence-electron chi connectivity index (χ4n) is 11.0. The summed E-state index contributed by atoms with van der Waals surface area (Å²) in [6.45, 7) is 7.38. The normalized spacial score (nSPS) is 24.8. The molecule has 0 bridgehead atoms. The number of hydrogen-bond donors (Lipinski definition) is 2. The molecule has 12 nitrogen and oxygen atoms in total. The lowest BCUT2D eigenvalue weighted by Crippen LogP contribution is -2.36. The van der Waals surface area contributed by atoms with Gasteiger partial charge in [-0.05, 0) is 143 Å². The van der Waals surface area contributed by atoms with E-state index in [1.54, 1.807) is 36.5 Å². The van der Waals surface area contributed by atoms with Gasteiger partial charge in [0, 0.05) is 54.2 Å². The number of H-pyrrole nitrogens is 1. The van der Waals surface area contributed by atoms with E-state index < -0.39 is 29.9 Å². The van der Waals surface area contributed by atoms with Crippen LogP contribution in [-0.4, -0.2) is 79.1 Å². The molecule has 0 spiro atoms. The van der Waals surface area contributed by atoms with Crippen molar-refractivity contribution in [3.8, 4) is 0 Å². The van der Waals surface area contributed by atoms with Gasteiger partial charge in [0.25, 0.3) is 10.0 Å². The highest BCUT2D eigenvalue weighted by atomic mass is 35.5. The summed E-state index contributed by atoms with van der Waals surface area (Å²) in [6.07, 6.45) is 20.2. The van der Waals surface area contributed by atoms with Gasteiger partial charge in [0.1, 0.15) is 5.65 Å². The van der Waals surface area contributed by atoms with Crippen molar-refractivity contribution in [1.29, 1.82) is 0 Å². The van der Waals surface area contributed by atoms with Crippen molar-refractivity contribution in [1.82, 2.24) is 23.6 Å². The minimum atomic E-state index is -3.78. The molecule has 5 aliphatic rings. The monoisotopic (exact) mass is 952 g/mol. The van der Waals surface area contributed by atoms with Crippen molar-refractivity contribution in [3.63, 3.8) is 0 Å². The van der Waals surface area contributed by atoms with Gasteiger partial charge in [0.15, 0.2) is 15.5 Å². The number of rotatable bonds is 15. The fourth-order valence-corrected chi connectivity index (χ4v) is 16.2. The van der Waals surface area contributed by atoms with Gasteiger partial charge < -0.3 is 9.88 Å². The summed E-state index contributed by atoms with van der Waals surface area (Å²) in [5.41, 5.74) is 5.83. The molecule has 0 unspecified atom stereocenters. The molecule has 4 aromatic heterocycles. The summed E-state index contributed by atoms with van der Waals surface area (Å²) in [6, 6.07) is 11.1. The highest BCUT2D eigenvalue weighted by molar-refractivity contribution is 7.92. The predicted molar refractivity (Wildman–Crippen MR) is 258 cm³/mol. The Morgan fingerprint density at radius 1 is 0.828 bits per heavy atom. The largest absolute Gasteiger partial charge is 0.367 e. The standard InChI is InChI=1S/C27H34ClN3O4S2.C20H27N3O2S.CH4/c1-3-19-15-22(30-36(32,33)23-11-12-23)16-20(19)5-4-6-21-17-29-27-25(26(21)28)13-14-31(27)37(34,35)24-9-7-18(2)8-10-24;1-2-14-9-13(12-26(24,25)16-3-4-16)10-18(14)23-8-6-15-11-22-20-17(19(15)23)5-7-21-20;/h7-10,13-14,17,19-20,22-23,30H,3-6,11-12,15-16H2,1-2H3;5,7,11,13-14,16,18H,2-4,6,8-10,12H2,1H3,(H,21,22);1H4/t19-,20+,22+;13-,14+,18-;/m10./s1. The van der Waals surface area contributed by atoms with Crippen LogP contribution in [0.25, 0.3) is 22.1 Å². The molecule has 6 atom stereocenters. The molecule has 0 radical (unpaired) electrons. The van der Waals surface area contributed by atoms with Gasteiger partial charge in [-0.1, -0.05) is 63.4 Å². The Bertz CT molecular complexity index is 2800. The van der Waals surface area contributed by atoms with Crippen molar-refractivity contribution in [3.05, 3.63) is 82.9 Å². The van der Waals surface area contributed by atoms with E-state index in [9.17, 15) is 25.3 Å². The number of aromatic amines is 1. The average Bonchev–Trinajstić information content (AvgIpc) is 4.04. The van der Waals surface area contributed by atoms with E-state index in [1.165, 1.54) is 26.8 Å². The SMILES string of the molecule is C.CC[C@@H]1C[C@H](CS(=O)(=O)C2CC2)C[C@@H]1N1CCc2cnc3[nH]ccc3c21.CC[C@@H]1C[C@H](NS(=O)(=O)C2CC2)C[C@@H]1CCCc1cnc2c(ccn2S(=O)(=O)c2ccc(C)cc2)c1Cl.